The van der Waals surface area contributed by atoms with E-state index in [0.29, 0.717) is 30.0 Å². The summed E-state index contributed by atoms with van der Waals surface area (Å²) < 4.78 is 10.3. The van der Waals surface area contributed by atoms with E-state index in [-0.39, 0.29) is 5.78 Å². The topological polar surface area (TPSA) is 61.5 Å². The van der Waals surface area contributed by atoms with Crippen molar-refractivity contribution in [3.63, 3.8) is 0 Å². The fourth-order valence-corrected chi connectivity index (χ4v) is 1.77. The van der Waals surface area contributed by atoms with Crippen molar-refractivity contribution in [2.45, 2.75) is 25.7 Å². The maximum atomic E-state index is 12.0. The first kappa shape index (κ1) is 14.5. The van der Waals surface area contributed by atoms with Gasteiger partial charge in [-0.15, -0.1) is 0 Å². The minimum atomic E-state index is 0.103. The van der Waals surface area contributed by atoms with E-state index in [0.717, 1.165) is 19.3 Å². The van der Waals surface area contributed by atoms with Crippen LogP contribution in [0.15, 0.2) is 18.2 Å². The Hall–Kier alpha value is -1.55. The zero-order chi connectivity index (χ0) is 13.4. The highest BCUT2D eigenvalue weighted by molar-refractivity contribution is 5.98. The number of benzene rings is 1. The second kappa shape index (κ2) is 7.71. The summed E-state index contributed by atoms with van der Waals surface area (Å²) in [6, 6.07) is 5.26. The number of nitrogens with two attached hydrogens (primary N) is 1. The molecule has 0 radical (unpaired) electrons. The van der Waals surface area contributed by atoms with E-state index < -0.39 is 0 Å². The summed E-state index contributed by atoms with van der Waals surface area (Å²) in [6.07, 6.45) is 3.35. The van der Waals surface area contributed by atoms with Crippen molar-refractivity contribution < 1.29 is 14.3 Å². The number of unbranched alkanes of at least 4 members (excludes halogenated alkanes) is 2. The van der Waals surface area contributed by atoms with E-state index in [1.807, 2.05) is 0 Å². The third kappa shape index (κ3) is 4.04. The fourth-order valence-electron chi connectivity index (χ4n) is 1.77. The van der Waals surface area contributed by atoms with Gasteiger partial charge in [-0.25, -0.2) is 0 Å². The summed E-state index contributed by atoms with van der Waals surface area (Å²) >= 11 is 0. The molecular formula is C14H21NO3. The van der Waals surface area contributed by atoms with Crippen molar-refractivity contribution in [3.05, 3.63) is 23.8 Å². The number of ether oxygens (including phenoxy) is 2. The third-order valence-electron chi connectivity index (χ3n) is 2.82. The van der Waals surface area contributed by atoms with Crippen LogP contribution in [0.1, 0.15) is 36.0 Å². The molecule has 0 saturated carbocycles. The Morgan fingerprint density at radius 2 is 1.94 bits per heavy atom. The van der Waals surface area contributed by atoms with E-state index in [1.165, 1.54) is 0 Å². The average molecular weight is 251 g/mol. The smallest absolute Gasteiger partial charge is 0.166 e. The Morgan fingerprint density at radius 1 is 1.17 bits per heavy atom. The van der Waals surface area contributed by atoms with Gasteiger partial charge in [-0.1, -0.05) is 6.42 Å². The summed E-state index contributed by atoms with van der Waals surface area (Å²) in [5.74, 6) is 1.36. The van der Waals surface area contributed by atoms with Crippen LogP contribution in [0.3, 0.4) is 0 Å². The molecule has 0 aromatic heterocycles. The van der Waals surface area contributed by atoms with Gasteiger partial charge in [0.25, 0.3) is 0 Å². The Balaban J connectivity index is 2.66. The SMILES string of the molecule is COc1ccc(C(=O)CCCCCN)c(OC)c1. The molecule has 0 fully saturated rings. The maximum Gasteiger partial charge on any atom is 0.166 e. The number of rotatable bonds is 8. The number of ketones is 1. The third-order valence-corrected chi connectivity index (χ3v) is 2.82. The van der Waals surface area contributed by atoms with Crippen LogP contribution in [0.25, 0.3) is 0 Å². The Kier molecular flexibility index (Phi) is 6.22. The van der Waals surface area contributed by atoms with Crippen molar-refractivity contribution in [1.82, 2.24) is 0 Å². The van der Waals surface area contributed by atoms with E-state index in [1.54, 1.807) is 32.4 Å². The van der Waals surface area contributed by atoms with Gasteiger partial charge in [0.05, 0.1) is 19.8 Å². The zero-order valence-electron chi connectivity index (χ0n) is 11.1. The number of Topliss-reactive ketones (excluding diaryl/α,β-unsaturated/α-hetero) is 1. The van der Waals surface area contributed by atoms with Gasteiger partial charge in [0.2, 0.25) is 0 Å². The number of hydrogen-bond donors (Lipinski definition) is 1. The molecule has 0 spiro atoms. The fraction of sp³-hybridized carbons (Fsp3) is 0.500. The molecule has 0 atom stereocenters. The highest BCUT2D eigenvalue weighted by Gasteiger charge is 2.12. The van der Waals surface area contributed by atoms with E-state index in [9.17, 15) is 4.79 Å². The van der Waals surface area contributed by atoms with Gasteiger partial charge in [-0.3, -0.25) is 4.79 Å². The monoisotopic (exact) mass is 251 g/mol. The van der Waals surface area contributed by atoms with Gasteiger partial charge in [0.1, 0.15) is 11.5 Å². The maximum absolute atomic E-state index is 12.0. The van der Waals surface area contributed by atoms with Crippen LogP contribution in [-0.4, -0.2) is 26.5 Å². The molecule has 0 bridgehead atoms. The summed E-state index contributed by atoms with van der Waals surface area (Å²) in [6.45, 7) is 0.681. The number of carbonyl (C=O) groups is 1. The van der Waals surface area contributed by atoms with E-state index in [4.69, 9.17) is 15.2 Å². The lowest BCUT2D eigenvalue weighted by Crippen LogP contribution is -2.03. The molecule has 0 unspecified atom stereocenters. The molecule has 0 aliphatic heterocycles. The van der Waals surface area contributed by atoms with Crippen molar-refractivity contribution in [2.75, 3.05) is 20.8 Å². The van der Waals surface area contributed by atoms with Gasteiger partial charge in [0.15, 0.2) is 5.78 Å². The largest absolute Gasteiger partial charge is 0.497 e. The second-order valence-corrected chi connectivity index (χ2v) is 4.09. The Bertz CT molecular complexity index is 391. The van der Waals surface area contributed by atoms with Crippen LogP contribution in [0.5, 0.6) is 11.5 Å². The average Bonchev–Trinajstić information content (AvgIpc) is 2.42. The molecule has 0 amide bonds. The molecule has 1 aromatic carbocycles. The molecule has 4 heteroatoms. The predicted octanol–water partition coefficient (Wildman–Crippen LogP) is 2.41. The molecule has 100 valence electrons. The second-order valence-electron chi connectivity index (χ2n) is 4.09. The van der Waals surface area contributed by atoms with Crippen LogP contribution >= 0.6 is 0 Å². The number of carbonyl (C=O) groups excluding carboxylic acids is 1. The highest BCUT2D eigenvalue weighted by Crippen LogP contribution is 2.26. The first-order valence-electron chi connectivity index (χ1n) is 6.18. The number of hydrogen-bond acceptors (Lipinski definition) is 4. The van der Waals surface area contributed by atoms with Crippen LogP contribution in [-0.2, 0) is 0 Å². The molecule has 0 aliphatic rings. The molecule has 1 aromatic rings. The van der Waals surface area contributed by atoms with Crippen LogP contribution < -0.4 is 15.2 Å². The van der Waals surface area contributed by atoms with Crippen molar-refractivity contribution in [1.29, 1.82) is 0 Å². The first-order chi connectivity index (χ1) is 8.72. The van der Waals surface area contributed by atoms with Crippen molar-refractivity contribution in [3.8, 4) is 11.5 Å². The van der Waals surface area contributed by atoms with Crippen LogP contribution in [0, 0.1) is 0 Å². The Morgan fingerprint density at radius 3 is 2.56 bits per heavy atom. The van der Waals surface area contributed by atoms with Gasteiger partial charge in [-0.2, -0.15) is 0 Å². The molecule has 0 saturated heterocycles. The minimum Gasteiger partial charge on any atom is -0.497 e. The molecule has 4 nitrogen and oxygen atoms in total. The predicted molar refractivity (Wildman–Crippen MR) is 71.4 cm³/mol. The zero-order valence-corrected chi connectivity index (χ0v) is 11.1. The van der Waals surface area contributed by atoms with Crippen LogP contribution in [0.2, 0.25) is 0 Å². The highest BCUT2D eigenvalue weighted by atomic mass is 16.5. The lowest BCUT2D eigenvalue weighted by molar-refractivity contribution is 0.0976. The van der Waals surface area contributed by atoms with Gasteiger partial charge in [-0.05, 0) is 31.5 Å². The first-order valence-corrected chi connectivity index (χ1v) is 6.18. The number of methoxy groups -OCH3 is 2. The summed E-state index contributed by atoms with van der Waals surface area (Å²) in [4.78, 5) is 12.0. The summed E-state index contributed by atoms with van der Waals surface area (Å²) in [7, 11) is 3.14. The molecular weight excluding hydrogens is 230 g/mol. The Labute approximate surface area is 108 Å². The van der Waals surface area contributed by atoms with Gasteiger partial charge in [0, 0.05) is 12.5 Å². The van der Waals surface area contributed by atoms with Gasteiger partial charge < -0.3 is 15.2 Å². The minimum absolute atomic E-state index is 0.103. The summed E-state index contributed by atoms with van der Waals surface area (Å²) in [5, 5.41) is 0. The van der Waals surface area contributed by atoms with E-state index in [2.05, 4.69) is 0 Å². The van der Waals surface area contributed by atoms with Crippen molar-refractivity contribution in [2.24, 2.45) is 5.73 Å². The lowest BCUT2D eigenvalue weighted by atomic mass is 10.0. The van der Waals surface area contributed by atoms with Gasteiger partial charge >= 0.3 is 0 Å². The molecule has 0 aliphatic carbocycles. The molecule has 2 N–H and O–H groups in total. The summed E-state index contributed by atoms with van der Waals surface area (Å²) in [5.41, 5.74) is 6.03. The van der Waals surface area contributed by atoms with Crippen LogP contribution in [0.4, 0.5) is 0 Å². The molecule has 1 rings (SSSR count). The lowest BCUT2D eigenvalue weighted by Gasteiger charge is -2.09. The van der Waals surface area contributed by atoms with Crippen molar-refractivity contribution >= 4 is 5.78 Å². The standard InChI is InChI=1S/C14H21NO3/c1-17-11-7-8-12(14(10-11)18-2)13(16)6-4-3-5-9-15/h7-8,10H,3-6,9,15H2,1-2H3. The quantitative estimate of drug-likeness (QED) is 0.569. The normalized spacial score (nSPS) is 10.2. The van der Waals surface area contributed by atoms with E-state index >= 15 is 0 Å². The molecule has 18 heavy (non-hydrogen) atoms. The molecule has 0 heterocycles.